The van der Waals surface area contributed by atoms with Gasteiger partial charge in [-0.15, -0.1) is 0 Å². The van der Waals surface area contributed by atoms with Gasteiger partial charge in [-0.1, -0.05) is 48.5 Å². The van der Waals surface area contributed by atoms with Gasteiger partial charge in [-0.3, -0.25) is 4.79 Å². The third kappa shape index (κ3) is 2.82. The van der Waals surface area contributed by atoms with Crippen molar-refractivity contribution in [1.82, 2.24) is 4.57 Å². The summed E-state index contributed by atoms with van der Waals surface area (Å²) < 4.78 is 1.81. The molecule has 0 amide bonds. The van der Waals surface area contributed by atoms with Crippen molar-refractivity contribution in [1.29, 1.82) is 10.5 Å². The minimum atomic E-state index is -0.310. The van der Waals surface area contributed by atoms with Gasteiger partial charge in [-0.05, 0) is 12.1 Å². The van der Waals surface area contributed by atoms with Crippen LogP contribution in [-0.4, -0.2) is 10.4 Å². The molecule has 3 rings (SSSR count). The summed E-state index contributed by atoms with van der Waals surface area (Å²) in [6, 6.07) is 20.4. The van der Waals surface area contributed by atoms with Crippen LogP contribution in [0.1, 0.15) is 15.9 Å². The Kier molecular flexibility index (Phi) is 4.23. The van der Waals surface area contributed by atoms with Crippen LogP contribution >= 0.6 is 0 Å². The molecule has 0 atom stereocenters. The topological polar surface area (TPSA) is 69.6 Å². The average Bonchev–Trinajstić information content (AvgIpc) is 2.98. The Morgan fingerprint density at radius 2 is 1.75 bits per heavy atom. The lowest BCUT2D eigenvalue weighted by Gasteiger charge is -1.99. The molecule has 0 spiro atoms. The maximum atomic E-state index is 12.5. The Hall–Kier alpha value is -3.63. The van der Waals surface area contributed by atoms with Gasteiger partial charge in [0, 0.05) is 28.2 Å². The first-order chi connectivity index (χ1) is 11.7. The van der Waals surface area contributed by atoms with E-state index in [2.05, 4.69) is 6.07 Å². The zero-order chi connectivity index (χ0) is 16.9. The number of aromatic nitrogens is 1. The van der Waals surface area contributed by atoms with Gasteiger partial charge < -0.3 is 4.57 Å². The number of para-hydroxylation sites is 1. The minimum absolute atomic E-state index is 0.0704. The smallest absolute Gasteiger partial charge is 0.203 e. The number of carbonyl (C=O) groups is 1. The van der Waals surface area contributed by atoms with Crippen LogP contribution in [0.25, 0.3) is 17.0 Å². The van der Waals surface area contributed by atoms with Crippen molar-refractivity contribution in [2.75, 3.05) is 0 Å². The van der Waals surface area contributed by atoms with E-state index < -0.39 is 0 Å². The van der Waals surface area contributed by atoms with Crippen molar-refractivity contribution in [3.63, 3.8) is 0 Å². The predicted molar refractivity (Wildman–Crippen MR) is 91.9 cm³/mol. The lowest BCUT2D eigenvalue weighted by Crippen LogP contribution is -2.01. The number of nitriles is 2. The van der Waals surface area contributed by atoms with Gasteiger partial charge in [0.05, 0.1) is 6.07 Å². The number of fused-ring (bicyclic) bond motifs is 1. The summed E-state index contributed by atoms with van der Waals surface area (Å²) in [4.78, 5) is 12.5. The molecule has 0 aliphatic rings. The van der Waals surface area contributed by atoms with Gasteiger partial charge in [0.15, 0.2) is 0 Å². The molecule has 4 heteroatoms. The summed E-state index contributed by atoms with van der Waals surface area (Å²) in [6.45, 7) is 0.211. The molecule has 0 unspecified atom stereocenters. The molecule has 0 saturated carbocycles. The Morgan fingerprint density at radius 3 is 2.46 bits per heavy atom. The zero-order valence-electron chi connectivity index (χ0n) is 12.8. The first kappa shape index (κ1) is 15.3. The molecule has 1 aromatic heterocycles. The highest BCUT2D eigenvalue weighted by molar-refractivity contribution is 6.14. The first-order valence-electron chi connectivity index (χ1n) is 7.41. The van der Waals surface area contributed by atoms with Gasteiger partial charge >= 0.3 is 0 Å². The van der Waals surface area contributed by atoms with Crippen LogP contribution in [-0.2, 0) is 6.54 Å². The number of carbonyl (C=O) groups excluding carboxylic acids is 1. The Morgan fingerprint density at radius 1 is 1.04 bits per heavy atom. The molecule has 2 aromatic carbocycles. The van der Waals surface area contributed by atoms with Crippen LogP contribution in [0.3, 0.4) is 0 Å². The summed E-state index contributed by atoms with van der Waals surface area (Å²) >= 11 is 0. The predicted octanol–water partition coefficient (Wildman–Crippen LogP) is 3.95. The van der Waals surface area contributed by atoms with Crippen molar-refractivity contribution in [3.05, 3.63) is 77.5 Å². The summed E-state index contributed by atoms with van der Waals surface area (Å²) in [7, 11) is 0. The van der Waals surface area contributed by atoms with E-state index in [4.69, 9.17) is 5.26 Å². The molecule has 4 nitrogen and oxygen atoms in total. The van der Waals surface area contributed by atoms with Crippen LogP contribution < -0.4 is 0 Å². The third-order valence-electron chi connectivity index (χ3n) is 3.76. The number of Topliss-reactive ketones (excluding diaryl/α,β-unsaturated/α-hetero) is 1. The lowest BCUT2D eigenvalue weighted by molar-refractivity contribution is 0.104. The molecule has 0 bridgehead atoms. The number of hydrogen-bond acceptors (Lipinski definition) is 3. The fraction of sp³-hybridized carbons (Fsp3) is 0.0500. The fourth-order valence-electron chi connectivity index (χ4n) is 2.65. The normalized spacial score (nSPS) is 11.0. The van der Waals surface area contributed by atoms with Crippen molar-refractivity contribution >= 4 is 22.8 Å². The summed E-state index contributed by atoms with van der Waals surface area (Å²) in [5.74, 6) is -0.310. The van der Waals surface area contributed by atoms with Gasteiger partial charge in [-0.2, -0.15) is 10.5 Å². The maximum Gasteiger partial charge on any atom is 0.203 e. The molecule has 0 saturated heterocycles. The largest absolute Gasteiger partial charge is 0.333 e. The fourth-order valence-corrected chi connectivity index (χ4v) is 2.65. The zero-order valence-corrected chi connectivity index (χ0v) is 12.8. The second-order valence-corrected chi connectivity index (χ2v) is 5.25. The molecular formula is C20H13N3O. The van der Waals surface area contributed by atoms with Crippen LogP contribution in [0.4, 0.5) is 0 Å². The van der Waals surface area contributed by atoms with Crippen LogP contribution in [0, 0.1) is 22.7 Å². The second-order valence-electron chi connectivity index (χ2n) is 5.25. The quantitative estimate of drug-likeness (QED) is 0.416. The second kappa shape index (κ2) is 6.64. The molecule has 0 aliphatic carbocycles. The third-order valence-corrected chi connectivity index (χ3v) is 3.76. The van der Waals surface area contributed by atoms with Crippen LogP contribution in [0.15, 0.2) is 66.4 Å². The van der Waals surface area contributed by atoms with E-state index >= 15 is 0 Å². The SMILES string of the molecule is N#CCn1cc(/C=C(\C#N)C(=O)c2ccccc2)c2ccccc21. The molecule has 114 valence electrons. The molecular weight excluding hydrogens is 298 g/mol. The lowest BCUT2D eigenvalue weighted by atomic mass is 10.0. The highest BCUT2D eigenvalue weighted by Crippen LogP contribution is 2.24. The van der Waals surface area contributed by atoms with E-state index in [-0.39, 0.29) is 17.9 Å². The molecule has 1 heterocycles. The number of ketones is 1. The van der Waals surface area contributed by atoms with Crippen molar-refractivity contribution < 1.29 is 4.79 Å². The number of allylic oxidation sites excluding steroid dienone is 1. The number of nitrogens with zero attached hydrogens (tertiary/aromatic N) is 3. The van der Waals surface area contributed by atoms with E-state index in [0.29, 0.717) is 5.56 Å². The monoisotopic (exact) mass is 311 g/mol. The molecule has 0 N–H and O–H groups in total. The van der Waals surface area contributed by atoms with Crippen LogP contribution in [0.5, 0.6) is 0 Å². The maximum absolute atomic E-state index is 12.5. The minimum Gasteiger partial charge on any atom is -0.333 e. The summed E-state index contributed by atoms with van der Waals surface area (Å²) in [5, 5.41) is 19.3. The van der Waals surface area contributed by atoms with Gasteiger partial charge in [0.25, 0.3) is 0 Å². The van der Waals surface area contributed by atoms with Gasteiger partial charge in [0.1, 0.15) is 18.2 Å². The average molecular weight is 311 g/mol. The molecule has 0 fully saturated rings. The molecule has 0 radical (unpaired) electrons. The van der Waals surface area contributed by atoms with Crippen molar-refractivity contribution in [2.24, 2.45) is 0 Å². The number of hydrogen-bond donors (Lipinski definition) is 0. The van der Waals surface area contributed by atoms with E-state index in [1.807, 2.05) is 41.0 Å². The Bertz CT molecular complexity index is 1010. The summed E-state index contributed by atoms with van der Waals surface area (Å²) in [6.07, 6.45) is 3.38. The number of rotatable bonds is 4. The standard InChI is InChI=1S/C20H13N3O/c21-10-11-23-14-17(18-8-4-5-9-19(18)23)12-16(13-22)20(24)15-6-2-1-3-7-15/h1-9,12,14H,11H2/b16-12+. The Balaban J connectivity index is 2.10. The van der Waals surface area contributed by atoms with E-state index in [1.165, 1.54) is 0 Å². The van der Waals surface area contributed by atoms with E-state index in [0.717, 1.165) is 16.5 Å². The van der Waals surface area contributed by atoms with Gasteiger partial charge in [-0.25, -0.2) is 0 Å². The molecule has 0 aliphatic heterocycles. The van der Waals surface area contributed by atoms with Gasteiger partial charge in [0.2, 0.25) is 5.78 Å². The van der Waals surface area contributed by atoms with Crippen molar-refractivity contribution in [3.8, 4) is 12.1 Å². The van der Waals surface area contributed by atoms with E-state index in [1.54, 1.807) is 36.5 Å². The molecule has 24 heavy (non-hydrogen) atoms. The first-order valence-corrected chi connectivity index (χ1v) is 7.41. The van der Waals surface area contributed by atoms with Crippen molar-refractivity contribution in [2.45, 2.75) is 6.54 Å². The highest BCUT2D eigenvalue weighted by atomic mass is 16.1. The summed E-state index contributed by atoms with van der Waals surface area (Å²) in [5.41, 5.74) is 2.20. The van der Waals surface area contributed by atoms with E-state index in [9.17, 15) is 10.1 Å². The Labute approximate surface area is 139 Å². The number of benzene rings is 2. The highest BCUT2D eigenvalue weighted by Gasteiger charge is 2.13. The van der Waals surface area contributed by atoms with Crippen LogP contribution in [0.2, 0.25) is 0 Å². The molecule has 3 aromatic rings.